The van der Waals surface area contributed by atoms with E-state index in [-0.39, 0.29) is 11.8 Å². The monoisotopic (exact) mass is 316 g/mol. The van der Waals surface area contributed by atoms with Crippen molar-refractivity contribution in [1.29, 1.82) is 0 Å². The predicted molar refractivity (Wildman–Crippen MR) is 85.6 cm³/mol. The van der Waals surface area contributed by atoms with Gasteiger partial charge in [-0.05, 0) is 56.6 Å². The largest absolute Gasteiger partial charge is 0.480 e. The van der Waals surface area contributed by atoms with E-state index >= 15 is 0 Å². The third-order valence-electron chi connectivity index (χ3n) is 5.67. The van der Waals surface area contributed by atoms with Crippen molar-refractivity contribution in [2.75, 3.05) is 20.2 Å². The number of aromatic nitrogens is 1. The first-order valence-corrected chi connectivity index (χ1v) is 8.69. The number of amides is 1. The minimum Gasteiger partial charge on any atom is -0.480 e. The van der Waals surface area contributed by atoms with Crippen molar-refractivity contribution in [2.45, 2.75) is 50.5 Å². The van der Waals surface area contributed by atoms with Crippen LogP contribution in [0.2, 0.25) is 0 Å². The molecule has 23 heavy (non-hydrogen) atoms. The van der Waals surface area contributed by atoms with E-state index in [9.17, 15) is 9.90 Å². The van der Waals surface area contributed by atoms with Crippen LogP contribution >= 0.6 is 0 Å². The maximum Gasteiger partial charge on any atom is 0.259 e. The molecule has 1 aromatic heterocycles. The van der Waals surface area contributed by atoms with Crippen molar-refractivity contribution in [2.24, 2.45) is 5.92 Å². The van der Waals surface area contributed by atoms with Crippen LogP contribution in [-0.2, 0) is 12.8 Å². The summed E-state index contributed by atoms with van der Waals surface area (Å²) in [5.74, 6) is 0.662. The first kappa shape index (κ1) is 14.9. The summed E-state index contributed by atoms with van der Waals surface area (Å²) in [5.41, 5.74) is 2.32. The van der Waals surface area contributed by atoms with Gasteiger partial charge in [-0.15, -0.1) is 0 Å². The highest BCUT2D eigenvalue weighted by molar-refractivity contribution is 5.96. The van der Waals surface area contributed by atoms with Crippen LogP contribution in [0.3, 0.4) is 0 Å². The number of ether oxygens (including phenoxy) is 1. The maximum atomic E-state index is 13.0. The SMILES string of the molecule is COc1nc2c(cc1C(=O)N1CCCC(C3(O)CC3)C1)CCC2. The molecule has 0 radical (unpaired) electrons. The molecule has 0 bridgehead atoms. The molecule has 124 valence electrons. The van der Waals surface area contributed by atoms with Crippen molar-refractivity contribution in [1.82, 2.24) is 9.88 Å². The average Bonchev–Trinajstić information content (AvgIpc) is 3.17. The number of aliphatic hydroxyl groups is 1. The second-order valence-electron chi connectivity index (χ2n) is 7.20. The summed E-state index contributed by atoms with van der Waals surface area (Å²) in [6, 6.07) is 1.98. The van der Waals surface area contributed by atoms with Gasteiger partial charge in [0.05, 0.1) is 12.7 Å². The van der Waals surface area contributed by atoms with Crippen molar-refractivity contribution in [3.63, 3.8) is 0 Å². The number of likely N-dealkylation sites (tertiary alicyclic amines) is 1. The number of hydrogen-bond donors (Lipinski definition) is 1. The van der Waals surface area contributed by atoms with Crippen LogP contribution in [0.4, 0.5) is 0 Å². The van der Waals surface area contributed by atoms with Crippen LogP contribution in [-0.4, -0.2) is 46.7 Å². The van der Waals surface area contributed by atoms with Crippen molar-refractivity contribution < 1.29 is 14.6 Å². The standard InChI is InChI=1S/C18H24N2O3/c1-23-16-14(10-12-4-2-6-15(12)19-16)17(21)20-9-3-5-13(11-20)18(22)7-8-18/h10,13,22H,2-9,11H2,1H3. The number of hydrogen-bond acceptors (Lipinski definition) is 4. The first-order chi connectivity index (χ1) is 11.1. The Morgan fingerprint density at radius 3 is 2.96 bits per heavy atom. The van der Waals surface area contributed by atoms with Gasteiger partial charge in [-0.2, -0.15) is 0 Å². The Morgan fingerprint density at radius 2 is 2.22 bits per heavy atom. The van der Waals surface area contributed by atoms with Gasteiger partial charge in [0.15, 0.2) is 0 Å². The van der Waals surface area contributed by atoms with Gasteiger partial charge in [0.25, 0.3) is 5.91 Å². The van der Waals surface area contributed by atoms with E-state index in [1.165, 1.54) is 5.56 Å². The van der Waals surface area contributed by atoms with Gasteiger partial charge in [-0.25, -0.2) is 4.98 Å². The lowest BCUT2D eigenvalue weighted by atomic mass is 9.90. The number of piperidine rings is 1. The molecule has 2 aliphatic carbocycles. The van der Waals surface area contributed by atoms with E-state index in [0.717, 1.165) is 57.2 Å². The lowest BCUT2D eigenvalue weighted by Crippen LogP contribution is -2.44. The lowest BCUT2D eigenvalue weighted by molar-refractivity contribution is 0.0280. The number of nitrogens with zero attached hydrogens (tertiary/aromatic N) is 2. The molecule has 2 heterocycles. The second kappa shape index (κ2) is 5.48. The number of fused-ring (bicyclic) bond motifs is 1. The minimum atomic E-state index is -0.515. The van der Waals surface area contributed by atoms with Crippen molar-refractivity contribution >= 4 is 5.91 Å². The summed E-state index contributed by atoms with van der Waals surface area (Å²) in [6.45, 7) is 1.40. The molecular formula is C18H24N2O3. The van der Waals surface area contributed by atoms with E-state index < -0.39 is 5.60 Å². The van der Waals surface area contributed by atoms with E-state index in [2.05, 4.69) is 4.98 Å². The van der Waals surface area contributed by atoms with Gasteiger partial charge in [0, 0.05) is 24.7 Å². The number of carbonyl (C=O) groups is 1. The Labute approximate surface area is 136 Å². The van der Waals surface area contributed by atoms with E-state index in [1.807, 2.05) is 11.0 Å². The fraction of sp³-hybridized carbons (Fsp3) is 0.667. The second-order valence-corrected chi connectivity index (χ2v) is 7.20. The molecule has 1 unspecified atom stereocenters. The van der Waals surface area contributed by atoms with Crippen LogP contribution in [0.15, 0.2) is 6.07 Å². The molecule has 5 nitrogen and oxygen atoms in total. The molecule has 0 spiro atoms. The quantitative estimate of drug-likeness (QED) is 0.926. The molecule has 3 aliphatic rings. The third-order valence-corrected chi connectivity index (χ3v) is 5.67. The van der Waals surface area contributed by atoms with Crippen LogP contribution in [0.1, 0.15) is 53.7 Å². The fourth-order valence-corrected chi connectivity index (χ4v) is 4.07. The van der Waals surface area contributed by atoms with Crippen LogP contribution < -0.4 is 4.74 Å². The number of aryl methyl sites for hydroxylation is 2. The van der Waals surface area contributed by atoms with Gasteiger partial charge in [-0.3, -0.25) is 4.79 Å². The molecular weight excluding hydrogens is 292 g/mol. The van der Waals surface area contributed by atoms with Gasteiger partial charge in [0.1, 0.15) is 5.56 Å². The zero-order valence-corrected chi connectivity index (χ0v) is 13.7. The first-order valence-electron chi connectivity index (χ1n) is 8.69. The maximum absolute atomic E-state index is 13.0. The van der Waals surface area contributed by atoms with Gasteiger partial charge >= 0.3 is 0 Å². The number of rotatable bonds is 3. The summed E-state index contributed by atoms with van der Waals surface area (Å²) in [4.78, 5) is 19.4. The fourth-order valence-electron chi connectivity index (χ4n) is 4.07. The number of pyridine rings is 1. The molecule has 2 fully saturated rings. The topological polar surface area (TPSA) is 62.7 Å². The summed E-state index contributed by atoms with van der Waals surface area (Å²) in [7, 11) is 1.58. The molecule has 1 atom stereocenters. The van der Waals surface area contributed by atoms with E-state index in [1.54, 1.807) is 7.11 Å². The van der Waals surface area contributed by atoms with Crippen molar-refractivity contribution in [3.05, 3.63) is 22.9 Å². The molecule has 1 amide bonds. The highest BCUT2D eigenvalue weighted by Crippen LogP contribution is 2.45. The molecule has 4 rings (SSSR count). The highest BCUT2D eigenvalue weighted by atomic mass is 16.5. The summed E-state index contributed by atoms with van der Waals surface area (Å²) in [5, 5.41) is 10.4. The van der Waals surface area contributed by atoms with Crippen LogP contribution in [0.25, 0.3) is 0 Å². The molecule has 1 saturated heterocycles. The average molecular weight is 316 g/mol. The van der Waals surface area contributed by atoms with Gasteiger partial charge < -0.3 is 14.7 Å². The third kappa shape index (κ3) is 2.61. The zero-order valence-electron chi connectivity index (χ0n) is 13.7. The smallest absolute Gasteiger partial charge is 0.259 e. The zero-order chi connectivity index (χ0) is 16.0. The molecule has 1 aromatic rings. The van der Waals surface area contributed by atoms with Gasteiger partial charge in [-0.1, -0.05) is 0 Å². The van der Waals surface area contributed by atoms with E-state index in [0.29, 0.717) is 18.0 Å². The Kier molecular flexibility index (Phi) is 3.56. The molecule has 1 saturated carbocycles. The normalized spacial score (nSPS) is 25.1. The summed E-state index contributed by atoms with van der Waals surface area (Å²) >= 11 is 0. The number of methoxy groups -OCH3 is 1. The van der Waals surface area contributed by atoms with Crippen molar-refractivity contribution in [3.8, 4) is 5.88 Å². The van der Waals surface area contributed by atoms with Crippen LogP contribution in [0.5, 0.6) is 5.88 Å². The summed E-state index contributed by atoms with van der Waals surface area (Å²) in [6.07, 6.45) is 6.79. The Bertz CT molecular complexity index is 639. The summed E-state index contributed by atoms with van der Waals surface area (Å²) < 4.78 is 5.38. The molecule has 0 aromatic carbocycles. The molecule has 1 N–H and O–H groups in total. The Balaban J connectivity index is 1.58. The highest BCUT2D eigenvalue weighted by Gasteiger charge is 2.49. The lowest BCUT2D eigenvalue weighted by Gasteiger charge is -2.35. The van der Waals surface area contributed by atoms with Crippen LogP contribution in [0, 0.1) is 5.92 Å². The van der Waals surface area contributed by atoms with E-state index in [4.69, 9.17) is 4.74 Å². The molecule has 5 heteroatoms. The molecule has 1 aliphatic heterocycles. The van der Waals surface area contributed by atoms with Gasteiger partial charge in [0.2, 0.25) is 5.88 Å². The minimum absolute atomic E-state index is 0.00185. The number of carbonyl (C=O) groups excluding carboxylic acids is 1. The Hall–Kier alpha value is -1.62. The Morgan fingerprint density at radius 1 is 1.39 bits per heavy atom. The predicted octanol–water partition coefficient (Wildman–Crippen LogP) is 1.96.